The predicted molar refractivity (Wildman–Crippen MR) is 113 cm³/mol. The van der Waals surface area contributed by atoms with Gasteiger partial charge in [-0.05, 0) is 104 Å². The second kappa shape index (κ2) is 7.05. The van der Waals surface area contributed by atoms with Crippen molar-refractivity contribution in [2.24, 2.45) is 11.8 Å². The summed E-state index contributed by atoms with van der Waals surface area (Å²) in [5.74, 6) is 4.36. The maximum Gasteiger partial charge on any atom is 0.0800 e. The van der Waals surface area contributed by atoms with Crippen LogP contribution in [-0.4, -0.2) is 39.0 Å². The molecule has 25 heavy (non-hydrogen) atoms. The molecule has 1 heterocycles. The molecule has 0 N–H and O–H groups in total. The lowest BCUT2D eigenvalue weighted by Crippen LogP contribution is -2.44. The molecule has 1 aliphatic heterocycles. The standard InChI is InChI=1S/C22H39N2P/c1-15(2)23(16(3)4)25(24(17(5)6)18(7)8)13-21-19-9-10-20(12-11-19)22(21)14-25/h13,15-20H,9-12H2,1-8H3. The smallest absolute Gasteiger partial charge is 0.0800 e. The highest BCUT2D eigenvalue weighted by molar-refractivity contribution is 7.73. The van der Waals surface area contributed by atoms with Crippen molar-refractivity contribution in [1.29, 1.82) is 0 Å². The first-order valence-corrected chi connectivity index (χ1v) is 12.3. The molecule has 2 nitrogen and oxygen atoms in total. The van der Waals surface area contributed by atoms with Gasteiger partial charge in [-0.2, -0.15) is 0 Å². The summed E-state index contributed by atoms with van der Waals surface area (Å²) < 4.78 is 5.62. The minimum atomic E-state index is -1.71. The van der Waals surface area contributed by atoms with Gasteiger partial charge in [0.25, 0.3) is 0 Å². The van der Waals surface area contributed by atoms with Gasteiger partial charge >= 0.3 is 0 Å². The monoisotopic (exact) mass is 362 g/mol. The molecule has 3 saturated carbocycles. The Morgan fingerprint density at radius 2 is 1.16 bits per heavy atom. The van der Waals surface area contributed by atoms with Crippen LogP contribution in [0.2, 0.25) is 0 Å². The number of hydrogen-bond donors (Lipinski definition) is 0. The fraction of sp³-hybridized carbons (Fsp3) is 0.818. The van der Waals surface area contributed by atoms with E-state index in [1.54, 1.807) is 11.1 Å². The first-order chi connectivity index (χ1) is 11.7. The van der Waals surface area contributed by atoms with Crippen LogP contribution in [0.25, 0.3) is 0 Å². The second-order valence-electron chi connectivity index (χ2n) is 9.44. The average molecular weight is 363 g/mol. The Labute approximate surface area is 156 Å². The van der Waals surface area contributed by atoms with E-state index in [9.17, 15) is 0 Å². The van der Waals surface area contributed by atoms with Gasteiger partial charge in [0.05, 0.1) is 7.19 Å². The number of rotatable bonds is 6. The molecule has 4 rings (SSSR count). The van der Waals surface area contributed by atoms with E-state index in [1.807, 2.05) is 0 Å². The minimum Gasteiger partial charge on any atom is -0.258 e. The Morgan fingerprint density at radius 1 is 0.760 bits per heavy atom. The van der Waals surface area contributed by atoms with Crippen molar-refractivity contribution in [2.45, 2.75) is 105 Å². The summed E-state index contributed by atoms with van der Waals surface area (Å²) in [6.07, 6.45) is 5.62. The van der Waals surface area contributed by atoms with E-state index in [4.69, 9.17) is 0 Å². The highest BCUT2D eigenvalue weighted by atomic mass is 31.2. The van der Waals surface area contributed by atoms with E-state index < -0.39 is 7.19 Å². The van der Waals surface area contributed by atoms with E-state index in [0.717, 1.165) is 11.8 Å². The molecule has 0 saturated heterocycles. The Kier molecular flexibility index (Phi) is 5.50. The van der Waals surface area contributed by atoms with Gasteiger partial charge in [0, 0.05) is 29.7 Å². The molecule has 0 aromatic rings. The van der Waals surface area contributed by atoms with Crippen LogP contribution < -0.4 is 0 Å². The van der Waals surface area contributed by atoms with Crippen molar-refractivity contribution in [3.8, 4) is 0 Å². The van der Waals surface area contributed by atoms with E-state index in [2.05, 4.69) is 76.0 Å². The highest BCUT2D eigenvalue weighted by Crippen LogP contribution is 2.65. The van der Waals surface area contributed by atoms with Crippen LogP contribution in [0, 0.1) is 11.8 Å². The Hall–Kier alpha value is -0.260. The molecule has 3 heteroatoms. The topological polar surface area (TPSA) is 6.48 Å². The molecule has 0 spiro atoms. The third-order valence-electron chi connectivity index (χ3n) is 6.31. The molecule has 3 fully saturated rings. The van der Waals surface area contributed by atoms with Crippen LogP contribution in [-0.2, 0) is 0 Å². The van der Waals surface area contributed by atoms with Crippen LogP contribution in [0.3, 0.4) is 0 Å². The lowest BCUT2D eigenvalue weighted by Gasteiger charge is -2.49. The lowest BCUT2D eigenvalue weighted by atomic mass is 9.66. The molecule has 142 valence electrons. The number of nitrogens with zero attached hydrogens (tertiary/aromatic N) is 2. The predicted octanol–water partition coefficient (Wildman–Crippen LogP) is 6.12. The van der Waals surface area contributed by atoms with Gasteiger partial charge in [-0.25, -0.2) is 0 Å². The van der Waals surface area contributed by atoms with Gasteiger partial charge in [-0.1, -0.05) is 5.45 Å². The minimum absolute atomic E-state index is 0.538. The van der Waals surface area contributed by atoms with Crippen LogP contribution >= 0.6 is 7.19 Å². The molecule has 2 bridgehead atoms. The number of hydrogen-bond acceptors (Lipinski definition) is 2. The quantitative estimate of drug-likeness (QED) is 0.525. The van der Waals surface area contributed by atoms with E-state index in [1.165, 1.54) is 25.7 Å². The largest absolute Gasteiger partial charge is 0.258 e. The van der Waals surface area contributed by atoms with Crippen molar-refractivity contribution in [3.63, 3.8) is 0 Å². The average Bonchev–Trinajstić information content (AvgIpc) is 2.88. The molecule has 0 unspecified atom stereocenters. The van der Waals surface area contributed by atoms with Gasteiger partial charge in [-0.15, -0.1) is 0 Å². The first-order valence-electron chi connectivity index (χ1n) is 10.5. The summed E-state index contributed by atoms with van der Waals surface area (Å²) in [6, 6.07) is 2.15. The summed E-state index contributed by atoms with van der Waals surface area (Å²) in [5.41, 5.74) is 7.59. The van der Waals surface area contributed by atoms with Crippen LogP contribution in [0.5, 0.6) is 0 Å². The van der Waals surface area contributed by atoms with Crippen molar-refractivity contribution in [1.82, 2.24) is 9.34 Å². The molecule has 0 amide bonds. The lowest BCUT2D eigenvalue weighted by molar-refractivity contribution is 0.257. The van der Waals surface area contributed by atoms with E-state index >= 15 is 0 Å². The summed E-state index contributed by atoms with van der Waals surface area (Å²) in [4.78, 5) is 0. The van der Waals surface area contributed by atoms with Crippen molar-refractivity contribution in [3.05, 3.63) is 17.0 Å². The third kappa shape index (κ3) is 3.14. The van der Waals surface area contributed by atoms with Crippen LogP contribution in [0.15, 0.2) is 17.0 Å². The molecule has 3 aliphatic carbocycles. The molecule has 0 aromatic carbocycles. The second-order valence-corrected chi connectivity index (χ2v) is 12.1. The van der Waals surface area contributed by atoms with Crippen LogP contribution in [0.1, 0.15) is 81.1 Å². The normalized spacial score (nSPS) is 27.6. The Bertz CT molecular complexity index is 586. The number of fused-ring (bicyclic) bond motifs is 2. The maximum absolute atomic E-state index is 4.25. The van der Waals surface area contributed by atoms with E-state index in [0.29, 0.717) is 24.2 Å². The van der Waals surface area contributed by atoms with E-state index in [-0.39, 0.29) is 0 Å². The molecule has 0 radical (unpaired) electrons. The molecule has 4 aliphatic rings. The summed E-state index contributed by atoms with van der Waals surface area (Å²) in [6.45, 7) is 19.0. The zero-order valence-electron chi connectivity index (χ0n) is 17.7. The van der Waals surface area contributed by atoms with Gasteiger partial charge < -0.3 is 0 Å². The first kappa shape index (κ1) is 19.5. The molecule has 0 atom stereocenters. The summed E-state index contributed by atoms with van der Waals surface area (Å²) in [7, 11) is -1.71. The molecular formula is C22H39N2P. The SMILES string of the molecule is CC(C)N(C(C)C)P1(N(C(C)C)C(C)C)=C=C2C(=C1)C1CCC2CC1. The van der Waals surface area contributed by atoms with Gasteiger partial charge in [-0.3, -0.25) is 9.34 Å². The Balaban J connectivity index is 2.27. The molecular weight excluding hydrogens is 323 g/mol. The third-order valence-corrected chi connectivity index (χ3v) is 10.8. The van der Waals surface area contributed by atoms with Crippen molar-refractivity contribution >= 4 is 12.6 Å². The zero-order chi connectivity index (χ0) is 18.5. The van der Waals surface area contributed by atoms with Gasteiger partial charge in [0.2, 0.25) is 0 Å². The highest BCUT2D eigenvalue weighted by Gasteiger charge is 2.45. The van der Waals surface area contributed by atoms with Crippen molar-refractivity contribution in [2.75, 3.05) is 0 Å². The summed E-state index contributed by atoms with van der Waals surface area (Å²) in [5, 5.41) is 0. The Morgan fingerprint density at radius 3 is 1.52 bits per heavy atom. The van der Waals surface area contributed by atoms with Gasteiger partial charge in [0.15, 0.2) is 0 Å². The van der Waals surface area contributed by atoms with Gasteiger partial charge in [0.1, 0.15) is 0 Å². The summed E-state index contributed by atoms with van der Waals surface area (Å²) >= 11 is 0. The maximum atomic E-state index is 4.25. The van der Waals surface area contributed by atoms with Crippen LogP contribution in [0.4, 0.5) is 0 Å². The fourth-order valence-electron chi connectivity index (χ4n) is 5.85. The zero-order valence-corrected chi connectivity index (χ0v) is 18.6. The number of allylic oxidation sites excluding steroid dienone is 2. The molecule has 0 aromatic heterocycles. The van der Waals surface area contributed by atoms with Crippen molar-refractivity contribution < 1.29 is 0 Å². The fourth-order valence-corrected chi connectivity index (χ4v) is 10.9.